The molecule has 0 atom stereocenters. The summed E-state index contributed by atoms with van der Waals surface area (Å²) in [5.41, 5.74) is 1.25. The van der Waals surface area contributed by atoms with Crippen LogP contribution in [-0.2, 0) is 0 Å². The van der Waals surface area contributed by atoms with Gasteiger partial charge >= 0.3 is 0 Å². The molecule has 5 nitrogen and oxygen atoms in total. The quantitative estimate of drug-likeness (QED) is 0.725. The van der Waals surface area contributed by atoms with Crippen molar-refractivity contribution in [1.82, 2.24) is 15.0 Å². The summed E-state index contributed by atoms with van der Waals surface area (Å²) in [5, 5.41) is 1.66. The molecule has 0 aliphatic carbocycles. The molecule has 0 amide bonds. The van der Waals surface area contributed by atoms with E-state index in [0.717, 1.165) is 0 Å². The minimum Gasteiger partial charge on any atom is -0.304 e. The van der Waals surface area contributed by atoms with E-state index in [2.05, 4.69) is 15.0 Å². The average molecular weight is 271 g/mol. The van der Waals surface area contributed by atoms with Crippen LogP contribution in [0.2, 0.25) is 0 Å². The molecule has 0 unspecified atom stereocenters. The molecule has 0 fully saturated rings. The molecule has 3 rings (SSSR count). The Morgan fingerprint density at radius 3 is 2.89 bits per heavy atom. The molecule has 0 aromatic carbocycles. The number of aromatic nitrogens is 3. The number of ketones is 1. The Morgan fingerprint density at radius 2 is 2.21 bits per heavy atom. The first-order valence-corrected chi connectivity index (χ1v) is 6.48. The topological polar surface area (TPSA) is 75.7 Å². The molecule has 1 N–H and O–H groups in total. The van der Waals surface area contributed by atoms with Gasteiger partial charge in [0.2, 0.25) is 0 Å². The van der Waals surface area contributed by atoms with Crippen LogP contribution < -0.4 is 5.56 Å². The third kappa shape index (κ3) is 1.96. The van der Waals surface area contributed by atoms with E-state index in [1.807, 2.05) is 6.07 Å². The maximum atomic E-state index is 12.0. The predicted molar refractivity (Wildman–Crippen MR) is 73.5 cm³/mol. The van der Waals surface area contributed by atoms with Crippen molar-refractivity contribution in [3.63, 3.8) is 0 Å². The lowest BCUT2D eigenvalue weighted by atomic mass is 10.2. The molecule has 0 aliphatic heterocycles. The SMILES string of the molecule is CC(=O)c1csc2c(=O)[nH]c(-c3ccccn3)nc12. The fraction of sp³-hybridized carbons (Fsp3) is 0.0769. The Kier molecular flexibility index (Phi) is 2.72. The highest BCUT2D eigenvalue weighted by atomic mass is 32.1. The Hall–Kier alpha value is -2.34. The fourth-order valence-corrected chi connectivity index (χ4v) is 2.74. The normalized spacial score (nSPS) is 10.8. The van der Waals surface area contributed by atoms with Gasteiger partial charge in [-0.15, -0.1) is 11.3 Å². The Morgan fingerprint density at radius 1 is 1.37 bits per heavy atom. The lowest BCUT2D eigenvalue weighted by Gasteiger charge is -2.00. The van der Waals surface area contributed by atoms with Crippen LogP contribution in [0.4, 0.5) is 0 Å². The first-order chi connectivity index (χ1) is 9.16. The number of Topliss-reactive ketones (excluding diaryl/α,β-unsaturated/α-hetero) is 1. The number of fused-ring (bicyclic) bond motifs is 1. The van der Waals surface area contributed by atoms with Gasteiger partial charge in [-0.2, -0.15) is 0 Å². The van der Waals surface area contributed by atoms with Crippen LogP contribution >= 0.6 is 11.3 Å². The smallest absolute Gasteiger partial charge is 0.269 e. The molecule has 0 bridgehead atoms. The van der Waals surface area contributed by atoms with Crippen LogP contribution in [0.3, 0.4) is 0 Å². The minimum absolute atomic E-state index is 0.101. The number of carbonyl (C=O) groups excluding carboxylic acids is 1. The van der Waals surface area contributed by atoms with Gasteiger partial charge in [0.05, 0.1) is 11.1 Å². The largest absolute Gasteiger partial charge is 0.304 e. The van der Waals surface area contributed by atoms with Gasteiger partial charge in [-0.3, -0.25) is 14.6 Å². The van der Waals surface area contributed by atoms with E-state index in [9.17, 15) is 9.59 Å². The lowest BCUT2D eigenvalue weighted by molar-refractivity contribution is 0.101. The van der Waals surface area contributed by atoms with E-state index in [1.54, 1.807) is 23.7 Å². The van der Waals surface area contributed by atoms with Crippen molar-refractivity contribution in [2.75, 3.05) is 0 Å². The van der Waals surface area contributed by atoms with Crippen molar-refractivity contribution in [2.45, 2.75) is 6.92 Å². The van der Waals surface area contributed by atoms with Gasteiger partial charge in [0.15, 0.2) is 11.6 Å². The van der Waals surface area contributed by atoms with E-state index in [0.29, 0.717) is 27.3 Å². The molecule has 3 heterocycles. The summed E-state index contributed by atoms with van der Waals surface area (Å²) >= 11 is 1.23. The van der Waals surface area contributed by atoms with Gasteiger partial charge in [0, 0.05) is 11.6 Å². The van der Waals surface area contributed by atoms with Crippen molar-refractivity contribution >= 4 is 27.3 Å². The first-order valence-electron chi connectivity index (χ1n) is 5.60. The first kappa shape index (κ1) is 11.7. The van der Waals surface area contributed by atoms with E-state index in [4.69, 9.17) is 0 Å². The zero-order chi connectivity index (χ0) is 13.4. The maximum absolute atomic E-state index is 12.0. The van der Waals surface area contributed by atoms with Crippen LogP contribution in [-0.4, -0.2) is 20.7 Å². The van der Waals surface area contributed by atoms with Crippen molar-refractivity contribution in [3.8, 4) is 11.5 Å². The van der Waals surface area contributed by atoms with Crippen molar-refractivity contribution in [2.24, 2.45) is 0 Å². The number of hydrogen-bond acceptors (Lipinski definition) is 5. The van der Waals surface area contributed by atoms with E-state index >= 15 is 0 Å². The summed E-state index contributed by atoms with van der Waals surface area (Å²) in [5.74, 6) is 0.273. The number of thiophene rings is 1. The van der Waals surface area contributed by atoms with E-state index in [-0.39, 0.29) is 11.3 Å². The second-order valence-corrected chi connectivity index (χ2v) is 4.89. The number of hydrogen-bond donors (Lipinski definition) is 1. The molecule has 0 aliphatic rings. The molecule has 0 radical (unpaired) electrons. The molecule has 0 spiro atoms. The molecular weight excluding hydrogens is 262 g/mol. The third-order valence-corrected chi connectivity index (χ3v) is 3.68. The number of pyridine rings is 1. The number of rotatable bonds is 2. The van der Waals surface area contributed by atoms with Crippen LogP contribution in [0.1, 0.15) is 17.3 Å². The molecule has 3 aromatic heterocycles. The zero-order valence-electron chi connectivity index (χ0n) is 10.0. The van der Waals surface area contributed by atoms with Gasteiger partial charge in [-0.1, -0.05) is 6.07 Å². The summed E-state index contributed by atoms with van der Waals surface area (Å²) in [6.07, 6.45) is 1.62. The van der Waals surface area contributed by atoms with Gasteiger partial charge < -0.3 is 4.98 Å². The van der Waals surface area contributed by atoms with Crippen LogP contribution in [0.15, 0.2) is 34.6 Å². The molecule has 6 heteroatoms. The molecule has 3 aromatic rings. The average Bonchev–Trinajstić information content (AvgIpc) is 2.84. The van der Waals surface area contributed by atoms with Crippen molar-refractivity contribution in [3.05, 3.63) is 45.7 Å². The van der Waals surface area contributed by atoms with Crippen LogP contribution in [0.25, 0.3) is 21.7 Å². The molecule has 94 valence electrons. The Balaban J connectivity index is 2.32. The molecule has 19 heavy (non-hydrogen) atoms. The van der Waals surface area contributed by atoms with Gasteiger partial charge in [0.25, 0.3) is 5.56 Å². The summed E-state index contributed by atoms with van der Waals surface area (Å²) in [6.45, 7) is 1.46. The van der Waals surface area contributed by atoms with Gasteiger partial charge in [0.1, 0.15) is 10.4 Å². The second-order valence-electron chi connectivity index (χ2n) is 4.01. The lowest BCUT2D eigenvalue weighted by Crippen LogP contribution is -2.09. The number of aromatic amines is 1. The highest BCUT2D eigenvalue weighted by Gasteiger charge is 2.14. The Bertz CT molecular complexity index is 821. The van der Waals surface area contributed by atoms with Crippen molar-refractivity contribution < 1.29 is 4.79 Å². The predicted octanol–water partition coefficient (Wildman–Crippen LogP) is 2.25. The molecule has 0 saturated carbocycles. The van der Waals surface area contributed by atoms with Crippen molar-refractivity contribution in [1.29, 1.82) is 0 Å². The van der Waals surface area contributed by atoms with E-state index in [1.165, 1.54) is 18.3 Å². The third-order valence-electron chi connectivity index (χ3n) is 2.71. The number of nitrogens with one attached hydrogen (secondary N) is 1. The molecule has 0 saturated heterocycles. The highest BCUT2D eigenvalue weighted by Crippen LogP contribution is 2.23. The fourth-order valence-electron chi connectivity index (χ4n) is 1.80. The number of H-pyrrole nitrogens is 1. The summed E-state index contributed by atoms with van der Waals surface area (Å²) < 4.78 is 0.463. The molecular formula is C13H9N3O2S. The van der Waals surface area contributed by atoms with E-state index < -0.39 is 0 Å². The standard InChI is InChI=1S/C13H9N3O2S/c1-7(17)8-6-19-11-10(8)15-12(16-13(11)18)9-4-2-3-5-14-9/h2-6H,1H3,(H,15,16,18). The summed E-state index contributed by atoms with van der Waals surface area (Å²) in [4.78, 5) is 34.7. The van der Waals surface area contributed by atoms with Crippen LogP contribution in [0.5, 0.6) is 0 Å². The Labute approximate surface area is 112 Å². The zero-order valence-corrected chi connectivity index (χ0v) is 10.8. The summed E-state index contributed by atoms with van der Waals surface area (Å²) in [7, 11) is 0. The van der Waals surface area contributed by atoms with Gasteiger partial charge in [-0.05, 0) is 19.1 Å². The maximum Gasteiger partial charge on any atom is 0.269 e. The number of nitrogens with zero attached hydrogens (tertiary/aromatic N) is 2. The second kappa shape index (κ2) is 4.40. The van der Waals surface area contributed by atoms with Crippen LogP contribution in [0, 0.1) is 0 Å². The van der Waals surface area contributed by atoms with Gasteiger partial charge in [-0.25, -0.2) is 4.98 Å². The monoisotopic (exact) mass is 271 g/mol. The summed E-state index contributed by atoms with van der Waals surface area (Å²) in [6, 6.07) is 5.35. The minimum atomic E-state index is -0.247. The highest BCUT2D eigenvalue weighted by molar-refractivity contribution is 7.17. The number of carbonyl (C=O) groups is 1.